The van der Waals surface area contributed by atoms with Gasteiger partial charge in [0, 0.05) is 31.2 Å². The molecule has 0 aliphatic heterocycles. The number of thiazole rings is 1. The first kappa shape index (κ1) is 16.6. The second-order valence-corrected chi connectivity index (χ2v) is 7.17. The Bertz CT molecular complexity index is 803. The number of imidazole rings is 1. The Hall–Kier alpha value is -2.21. The van der Waals surface area contributed by atoms with Crippen LogP contribution in [0.1, 0.15) is 42.7 Å². The molecule has 2 heterocycles. The second-order valence-electron chi connectivity index (χ2n) is 6.28. The van der Waals surface area contributed by atoms with E-state index in [1.54, 1.807) is 16.2 Å². The van der Waals surface area contributed by atoms with Crippen molar-refractivity contribution in [2.24, 2.45) is 0 Å². The number of aryl methyl sites for hydroxylation is 1. The molecule has 24 heavy (non-hydrogen) atoms. The lowest BCUT2D eigenvalue weighted by molar-refractivity contribution is -0.130. The lowest BCUT2D eigenvalue weighted by atomic mass is 10.2. The van der Waals surface area contributed by atoms with Gasteiger partial charge < -0.3 is 9.88 Å². The lowest BCUT2D eigenvalue weighted by Gasteiger charge is -2.15. The summed E-state index contributed by atoms with van der Waals surface area (Å²) in [5.74, 6) is 1.39. The van der Waals surface area contributed by atoms with Crippen LogP contribution in [0.25, 0.3) is 11.0 Å². The first-order valence-corrected chi connectivity index (χ1v) is 9.03. The lowest BCUT2D eigenvalue weighted by Crippen LogP contribution is -2.26. The Morgan fingerprint density at radius 1 is 1.29 bits per heavy atom. The van der Waals surface area contributed by atoms with Crippen LogP contribution in [-0.4, -0.2) is 32.8 Å². The molecule has 3 rings (SSSR count). The molecule has 0 saturated heterocycles. The summed E-state index contributed by atoms with van der Waals surface area (Å²) in [4.78, 5) is 26.4. The Balaban J connectivity index is 1.55. The standard InChI is InChI=1S/C18H22N4OS/c1-12(2)18-19-13(11-24-18)10-22(3)17(23)9-8-16-20-14-6-4-5-7-15(14)21-16/h4-7,11-12H,8-10H2,1-3H3,(H,20,21). The number of aromatic nitrogens is 3. The number of carbonyl (C=O) groups excluding carboxylic acids is 1. The van der Waals surface area contributed by atoms with Crippen molar-refractivity contribution < 1.29 is 4.79 Å². The van der Waals surface area contributed by atoms with E-state index in [0.29, 0.717) is 25.3 Å². The molecule has 126 valence electrons. The summed E-state index contributed by atoms with van der Waals surface area (Å²) in [7, 11) is 1.83. The van der Waals surface area contributed by atoms with Crippen LogP contribution in [0.3, 0.4) is 0 Å². The molecule has 0 radical (unpaired) electrons. The number of para-hydroxylation sites is 2. The quantitative estimate of drug-likeness (QED) is 0.742. The molecule has 0 spiro atoms. The molecule has 2 aromatic heterocycles. The molecular formula is C18H22N4OS. The van der Waals surface area contributed by atoms with E-state index in [1.165, 1.54) is 0 Å². The fourth-order valence-corrected chi connectivity index (χ4v) is 3.36. The van der Waals surface area contributed by atoms with Gasteiger partial charge in [-0.1, -0.05) is 26.0 Å². The van der Waals surface area contributed by atoms with Crippen molar-refractivity contribution >= 4 is 28.3 Å². The number of amides is 1. The summed E-state index contributed by atoms with van der Waals surface area (Å²) in [6.07, 6.45) is 1.06. The van der Waals surface area contributed by atoms with E-state index >= 15 is 0 Å². The van der Waals surface area contributed by atoms with Crippen LogP contribution < -0.4 is 0 Å². The molecule has 0 atom stereocenters. The molecule has 1 N–H and O–H groups in total. The first-order valence-electron chi connectivity index (χ1n) is 8.15. The number of fused-ring (bicyclic) bond motifs is 1. The largest absolute Gasteiger partial charge is 0.342 e. The third-order valence-electron chi connectivity index (χ3n) is 3.90. The van der Waals surface area contributed by atoms with Crippen molar-refractivity contribution in [3.8, 4) is 0 Å². The molecule has 3 aromatic rings. The number of hydrogen-bond acceptors (Lipinski definition) is 4. The number of aromatic amines is 1. The van der Waals surface area contributed by atoms with Gasteiger partial charge >= 0.3 is 0 Å². The third kappa shape index (κ3) is 3.82. The number of hydrogen-bond donors (Lipinski definition) is 1. The third-order valence-corrected chi connectivity index (χ3v) is 5.10. The fourth-order valence-electron chi connectivity index (χ4n) is 2.53. The summed E-state index contributed by atoms with van der Waals surface area (Å²) in [6, 6.07) is 7.90. The topological polar surface area (TPSA) is 61.9 Å². The highest BCUT2D eigenvalue weighted by atomic mass is 32.1. The molecule has 1 aromatic carbocycles. The zero-order chi connectivity index (χ0) is 17.1. The van der Waals surface area contributed by atoms with E-state index in [2.05, 4.69) is 28.8 Å². The molecule has 0 unspecified atom stereocenters. The average molecular weight is 342 g/mol. The smallest absolute Gasteiger partial charge is 0.223 e. The molecule has 6 heteroatoms. The summed E-state index contributed by atoms with van der Waals surface area (Å²) in [5, 5.41) is 3.16. The van der Waals surface area contributed by atoms with Crippen molar-refractivity contribution in [2.45, 2.75) is 39.2 Å². The highest BCUT2D eigenvalue weighted by Gasteiger charge is 2.13. The Kier molecular flexibility index (Phi) is 4.94. The highest BCUT2D eigenvalue weighted by Crippen LogP contribution is 2.20. The van der Waals surface area contributed by atoms with Gasteiger partial charge in [-0.05, 0) is 12.1 Å². The zero-order valence-electron chi connectivity index (χ0n) is 14.2. The number of H-pyrrole nitrogens is 1. The number of benzene rings is 1. The zero-order valence-corrected chi connectivity index (χ0v) is 15.1. The summed E-state index contributed by atoms with van der Waals surface area (Å²) in [5.41, 5.74) is 2.91. The minimum atomic E-state index is 0.106. The van der Waals surface area contributed by atoms with Gasteiger partial charge in [0.25, 0.3) is 0 Å². The predicted molar refractivity (Wildman–Crippen MR) is 97.1 cm³/mol. The van der Waals surface area contributed by atoms with Crippen LogP contribution in [0.5, 0.6) is 0 Å². The van der Waals surface area contributed by atoms with Gasteiger partial charge in [0.1, 0.15) is 5.82 Å². The molecule has 0 saturated carbocycles. The van der Waals surface area contributed by atoms with Gasteiger partial charge in [0.05, 0.1) is 28.3 Å². The minimum Gasteiger partial charge on any atom is -0.342 e. The van der Waals surface area contributed by atoms with E-state index in [1.807, 2.05) is 36.7 Å². The van der Waals surface area contributed by atoms with E-state index < -0.39 is 0 Å². The number of nitrogens with zero attached hydrogens (tertiary/aromatic N) is 3. The van der Waals surface area contributed by atoms with Gasteiger partial charge in [0.15, 0.2) is 0 Å². The summed E-state index contributed by atoms with van der Waals surface area (Å²) in [6.45, 7) is 4.82. The number of carbonyl (C=O) groups is 1. The normalized spacial score (nSPS) is 11.3. The van der Waals surface area contributed by atoms with Gasteiger partial charge in [-0.25, -0.2) is 9.97 Å². The van der Waals surface area contributed by atoms with Crippen LogP contribution >= 0.6 is 11.3 Å². The fraction of sp³-hybridized carbons (Fsp3) is 0.389. The van der Waals surface area contributed by atoms with E-state index in [9.17, 15) is 4.79 Å². The number of rotatable bonds is 6. The van der Waals surface area contributed by atoms with Crippen LogP contribution in [0.2, 0.25) is 0 Å². The summed E-state index contributed by atoms with van der Waals surface area (Å²) < 4.78 is 0. The van der Waals surface area contributed by atoms with Crippen molar-refractivity contribution in [2.75, 3.05) is 7.05 Å². The van der Waals surface area contributed by atoms with Crippen molar-refractivity contribution in [1.29, 1.82) is 0 Å². The minimum absolute atomic E-state index is 0.106. The van der Waals surface area contributed by atoms with Crippen LogP contribution in [-0.2, 0) is 17.8 Å². The van der Waals surface area contributed by atoms with Crippen LogP contribution in [0.15, 0.2) is 29.6 Å². The maximum Gasteiger partial charge on any atom is 0.223 e. The first-order chi connectivity index (χ1) is 11.5. The predicted octanol–water partition coefficient (Wildman–Crippen LogP) is 3.73. The van der Waals surface area contributed by atoms with E-state index in [4.69, 9.17) is 0 Å². The van der Waals surface area contributed by atoms with E-state index in [-0.39, 0.29) is 5.91 Å². The Labute approximate surface area is 145 Å². The van der Waals surface area contributed by atoms with Gasteiger partial charge in [-0.2, -0.15) is 0 Å². The SMILES string of the molecule is CC(C)c1nc(CN(C)C(=O)CCc2nc3ccccc3[nH]2)cs1. The molecule has 0 fully saturated rings. The van der Waals surface area contributed by atoms with Crippen LogP contribution in [0, 0.1) is 0 Å². The van der Waals surface area contributed by atoms with Crippen molar-refractivity contribution in [3.63, 3.8) is 0 Å². The second kappa shape index (κ2) is 7.13. The average Bonchev–Trinajstić information content (AvgIpc) is 3.18. The van der Waals surface area contributed by atoms with Gasteiger partial charge in [-0.3, -0.25) is 4.79 Å². The molecule has 0 bridgehead atoms. The van der Waals surface area contributed by atoms with E-state index in [0.717, 1.165) is 27.6 Å². The molecule has 1 amide bonds. The summed E-state index contributed by atoms with van der Waals surface area (Å²) >= 11 is 1.66. The highest BCUT2D eigenvalue weighted by molar-refractivity contribution is 7.09. The Morgan fingerprint density at radius 2 is 2.08 bits per heavy atom. The van der Waals surface area contributed by atoms with Crippen molar-refractivity contribution in [3.05, 3.63) is 46.2 Å². The Morgan fingerprint density at radius 3 is 2.79 bits per heavy atom. The molecule has 0 aliphatic rings. The van der Waals surface area contributed by atoms with Gasteiger partial charge in [-0.15, -0.1) is 11.3 Å². The molecular weight excluding hydrogens is 320 g/mol. The maximum absolute atomic E-state index is 12.3. The van der Waals surface area contributed by atoms with Crippen LogP contribution in [0.4, 0.5) is 0 Å². The maximum atomic E-state index is 12.3. The monoisotopic (exact) mass is 342 g/mol. The molecule has 5 nitrogen and oxygen atoms in total. The number of nitrogens with one attached hydrogen (secondary N) is 1. The molecule has 0 aliphatic carbocycles. The van der Waals surface area contributed by atoms with Crippen molar-refractivity contribution in [1.82, 2.24) is 19.9 Å². The van der Waals surface area contributed by atoms with Gasteiger partial charge in [0.2, 0.25) is 5.91 Å².